The van der Waals surface area contributed by atoms with Gasteiger partial charge in [-0.2, -0.15) is 5.10 Å². The molecule has 0 aromatic carbocycles. The van der Waals surface area contributed by atoms with Crippen LogP contribution in [-0.4, -0.2) is 32.9 Å². The lowest BCUT2D eigenvalue weighted by molar-refractivity contribution is 0.0590. The molecule has 2 rings (SSSR count). The highest BCUT2D eigenvalue weighted by atomic mass is 16.5. The van der Waals surface area contributed by atoms with Gasteiger partial charge in [-0.05, 0) is 13.8 Å². The second kappa shape index (κ2) is 3.30. The summed E-state index contributed by atoms with van der Waals surface area (Å²) < 4.78 is 6.17. The number of rotatable bonds is 1. The van der Waals surface area contributed by atoms with Crippen LogP contribution in [0.25, 0.3) is 5.65 Å². The number of methoxy groups -OCH3 is 1. The summed E-state index contributed by atoms with van der Waals surface area (Å²) in [4.78, 5) is 11.3. The van der Waals surface area contributed by atoms with Gasteiger partial charge in [-0.25, -0.2) is 9.31 Å². The molecule has 15 heavy (non-hydrogen) atoms. The number of fused-ring (bicyclic) bond motifs is 1. The lowest BCUT2D eigenvalue weighted by Gasteiger charge is -2.02. The number of aryl methyl sites for hydroxylation is 2. The van der Waals surface area contributed by atoms with E-state index in [0.29, 0.717) is 11.3 Å². The first kappa shape index (κ1) is 9.57. The van der Waals surface area contributed by atoms with Crippen molar-refractivity contribution in [1.29, 1.82) is 0 Å². The van der Waals surface area contributed by atoms with Gasteiger partial charge in [-0.1, -0.05) is 0 Å². The van der Waals surface area contributed by atoms with E-state index < -0.39 is 5.97 Å². The van der Waals surface area contributed by atoms with E-state index in [9.17, 15) is 4.79 Å². The van der Waals surface area contributed by atoms with Crippen LogP contribution in [0.2, 0.25) is 0 Å². The smallest absolute Gasteiger partial charge is 0.360 e. The van der Waals surface area contributed by atoms with Crippen LogP contribution in [0.1, 0.15) is 21.9 Å². The van der Waals surface area contributed by atoms with Gasteiger partial charge in [0.2, 0.25) is 0 Å². The average molecular weight is 206 g/mol. The predicted molar refractivity (Wildman–Crippen MR) is 51.6 cm³/mol. The number of nitrogens with zero attached hydrogens (tertiary/aromatic N) is 4. The van der Waals surface area contributed by atoms with Gasteiger partial charge in [0.1, 0.15) is 0 Å². The Morgan fingerprint density at radius 2 is 2.13 bits per heavy atom. The molecule has 0 radical (unpaired) electrons. The number of hydrogen-bond acceptors (Lipinski definition) is 5. The van der Waals surface area contributed by atoms with E-state index in [4.69, 9.17) is 0 Å². The van der Waals surface area contributed by atoms with Gasteiger partial charge in [-0.15, -0.1) is 10.2 Å². The van der Waals surface area contributed by atoms with Gasteiger partial charge in [-0.3, -0.25) is 0 Å². The highest BCUT2D eigenvalue weighted by molar-refractivity contribution is 5.88. The van der Waals surface area contributed by atoms with E-state index in [1.54, 1.807) is 17.5 Å². The van der Waals surface area contributed by atoms with Crippen LogP contribution >= 0.6 is 0 Å². The Morgan fingerprint density at radius 1 is 1.40 bits per heavy atom. The highest BCUT2D eigenvalue weighted by Crippen LogP contribution is 2.08. The second-order valence-electron chi connectivity index (χ2n) is 3.18. The van der Waals surface area contributed by atoms with Crippen molar-refractivity contribution < 1.29 is 9.53 Å². The molecule has 0 N–H and O–H groups in total. The molecule has 0 aliphatic heterocycles. The molecule has 2 heterocycles. The molecule has 6 heteroatoms. The van der Waals surface area contributed by atoms with Gasteiger partial charge < -0.3 is 4.74 Å². The van der Waals surface area contributed by atoms with Crippen LogP contribution in [0.3, 0.4) is 0 Å². The molecule has 2 aromatic heterocycles. The molecule has 2 aromatic rings. The summed E-state index contributed by atoms with van der Waals surface area (Å²) in [6.07, 6.45) is 0. The largest absolute Gasteiger partial charge is 0.464 e. The molecule has 0 spiro atoms. The maximum atomic E-state index is 11.3. The van der Waals surface area contributed by atoms with E-state index in [1.165, 1.54) is 7.11 Å². The third kappa shape index (κ3) is 1.43. The van der Waals surface area contributed by atoms with Crippen molar-refractivity contribution in [1.82, 2.24) is 19.8 Å². The SMILES string of the molecule is COC(=O)c1nnc2cc(C)nn2c1C. The molecular weight excluding hydrogens is 196 g/mol. The van der Waals surface area contributed by atoms with Crippen molar-refractivity contribution in [3.63, 3.8) is 0 Å². The molecule has 0 unspecified atom stereocenters. The summed E-state index contributed by atoms with van der Waals surface area (Å²) in [6.45, 7) is 3.60. The van der Waals surface area contributed by atoms with Crippen LogP contribution < -0.4 is 0 Å². The van der Waals surface area contributed by atoms with Gasteiger partial charge in [0.15, 0.2) is 11.3 Å². The molecule has 6 nitrogen and oxygen atoms in total. The first-order valence-corrected chi connectivity index (χ1v) is 4.41. The Kier molecular flexibility index (Phi) is 2.11. The normalized spacial score (nSPS) is 10.6. The van der Waals surface area contributed by atoms with Gasteiger partial charge in [0.25, 0.3) is 0 Å². The maximum absolute atomic E-state index is 11.3. The van der Waals surface area contributed by atoms with Crippen molar-refractivity contribution in [2.45, 2.75) is 13.8 Å². The van der Waals surface area contributed by atoms with Gasteiger partial charge >= 0.3 is 5.97 Å². The Balaban J connectivity index is 2.69. The number of aromatic nitrogens is 4. The Morgan fingerprint density at radius 3 is 2.80 bits per heavy atom. The van der Waals surface area contributed by atoms with E-state index in [-0.39, 0.29) is 5.69 Å². The first-order valence-electron chi connectivity index (χ1n) is 4.41. The maximum Gasteiger partial charge on any atom is 0.360 e. The minimum Gasteiger partial charge on any atom is -0.464 e. The molecule has 0 amide bonds. The molecule has 0 bridgehead atoms. The summed E-state index contributed by atoms with van der Waals surface area (Å²) >= 11 is 0. The Bertz CT molecular complexity index is 532. The number of ether oxygens (including phenoxy) is 1. The van der Waals surface area contributed by atoms with Crippen molar-refractivity contribution in [3.05, 3.63) is 23.1 Å². The minimum atomic E-state index is -0.505. The van der Waals surface area contributed by atoms with Crippen molar-refractivity contribution in [2.24, 2.45) is 0 Å². The van der Waals surface area contributed by atoms with E-state index >= 15 is 0 Å². The number of carbonyl (C=O) groups is 1. The fourth-order valence-corrected chi connectivity index (χ4v) is 1.36. The Hall–Kier alpha value is -1.98. The molecule has 0 saturated carbocycles. The molecule has 0 aliphatic rings. The van der Waals surface area contributed by atoms with Gasteiger partial charge in [0.05, 0.1) is 18.5 Å². The monoisotopic (exact) mass is 206 g/mol. The van der Waals surface area contributed by atoms with Crippen molar-refractivity contribution in [3.8, 4) is 0 Å². The third-order valence-electron chi connectivity index (χ3n) is 2.10. The van der Waals surface area contributed by atoms with Crippen LogP contribution in [0.15, 0.2) is 6.07 Å². The van der Waals surface area contributed by atoms with Crippen molar-refractivity contribution >= 4 is 11.6 Å². The first-order chi connectivity index (χ1) is 7.13. The number of carbonyl (C=O) groups excluding carboxylic acids is 1. The molecule has 0 saturated heterocycles. The van der Waals surface area contributed by atoms with E-state index in [0.717, 1.165) is 5.69 Å². The summed E-state index contributed by atoms with van der Waals surface area (Å²) in [7, 11) is 1.31. The van der Waals surface area contributed by atoms with E-state index in [1.807, 2.05) is 6.92 Å². The topological polar surface area (TPSA) is 69.4 Å². The molecular formula is C9H10N4O2. The van der Waals surface area contributed by atoms with E-state index in [2.05, 4.69) is 20.0 Å². The quantitative estimate of drug-likeness (QED) is 0.636. The van der Waals surface area contributed by atoms with Crippen molar-refractivity contribution in [2.75, 3.05) is 7.11 Å². The summed E-state index contributed by atoms with van der Waals surface area (Å²) in [5, 5.41) is 11.9. The zero-order valence-corrected chi connectivity index (χ0v) is 8.68. The van der Waals surface area contributed by atoms with Crippen LogP contribution in [0.5, 0.6) is 0 Å². The van der Waals surface area contributed by atoms with Gasteiger partial charge in [0, 0.05) is 6.07 Å². The average Bonchev–Trinajstić information content (AvgIpc) is 2.59. The summed E-state index contributed by atoms with van der Waals surface area (Å²) in [6, 6.07) is 1.79. The van der Waals surface area contributed by atoms with Crippen LogP contribution in [0.4, 0.5) is 0 Å². The molecule has 0 atom stereocenters. The zero-order chi connectivity index (χ0) is 11.0. The number of esters is 1. The fourth-order valence-electron chi connectivity index (χ4n) is 1.36. The second-order valence-corrected chi connectivity index (χ2v) is 3.18. The third-order valence-corrected chi connectivity index (χ3v) is 2.10. The minimum absolute atomic E-state index is 0.188. The molecule has 0 fully saturated rings. The lowest BCUT2D eigenvalue weighted by atomic mass is 10.3. The summed E-state index contributed by atoms with van der Waals surface area (Å²) in [5.41, 5.74) is 2.26. The standard InChI is InChI=1S/C9H10N4O2/c1-5-4-7-10-11-8(9(14)15-3)6(2)13(7)12-5/h4H,1-3H3. The zero-order valence-electron chi connectivity index (χ0n) is 8.68. The summed E-state index contributed by atoms with van der Waals surface area (Å²) in [5.74, 6) is -0.505. The molecule has 78 valence electrons. The lowest BCUT2D eigenvalue weighted by Crippen LogP contribution is -2.12. The molecule has 0 aliphatic carbocycles. The number of hydrogen-bond donors (Lipinski definition) is 0. The highest BCUT2D eigenvalue weighted by Gasteiger charge is 2.15. The van der Waals surface area contributed by atoms with Crippen LogP contribution in [-0.2, 0) is 4.74 Å². The predicted octanol–water partition coefficient (Wildman–Crippen LogP) is 0.528. The van der Waals surface area contributed by atoms with Crippen LogP contribution in [0, 0.1) is 13.8 Å². The Labute approximate surface area is 85.9 Å². The fraction of sp³-hybridized carbons (Fsp3) is 0.333.